The predicted molar refractivity (Wildman–Crippen MR) is 86.1 cm³/mol. The number of piperidine rings is 1. The summed E-state index contributed by atoms with van der Waals surface area (Å²) >= 11 is 6.32. The van der Waals surface area contributed by atoms with Crippen molar-refractivity contribution >= 4 is 17.5 Å². The van der Waals surface area contributed by atoms with Gasteiger partial charge in [-0.25, -0.2) is 0 Å². The van der Waals surface area contributed by atoms with Gasteiger partial charge in [-0.05, 0) is 32.2 Å². The molecule has 2 aromatic rings. The molecule has 0 radical (unpaired) electrons. The lowest BCUT2D eigenvalue weighted by molar-refractivity contribution is 0.0679. The Labute approximate surface area is 139 Å². The molecule has 3 rings (SSSR count). The van der Waals surface area contributed by atoms with E-state index >= 15 is 0 Å². The van der Waals surface area contributed by atoms with E-state index in [0.717, 1.165) is 12.8 Å². The average Bonchev–Trinajstić information content (AvgIpc) is 3.11. The van der Waals surface area contributed by atoms with Gasteiger partial charge >= 0.3 is 0 Å². The van der Waals surface area contributed by atoms with Gasteiger partial charge in [-0.15, -0.1) is 0 Å². The van der Waals surface area contributed by atoms with Crippen molar-refractivity contribution in [1.82, 2.24) is 19.8 Å². The predicted octanol–water partition coefficient (Wildman–Crippen LogP) is 1.85. The van der Waals surface area contributed by atoms with E-state index in [1.165, 1.54) is 4.68 Å². The Morgan fingerprint density at radius 2 is 2.35 bits per heavy atom. The molecule has 0 bridgehead atoms. The van der Waals surface area contributed by atoms with Gasteiger partial charge in [0, 0.05) is 26.2 Å². The van der Waals surface area contributed by atoms with Crippen molar-refractivity contribution in [1.29, 1.82) is 0 Å². The molecule has 0 saturated carbocycles. The van der Waals surface area contributed by atoms with Gasteiger partial charge in [-0.2, -0.15) is 5.10 Å². The molecule has 0 aromatic carbocycles. The van der Waals surface area contributed by atoms with Crippen molar-refractivity contribution in [3.63, 3.8) is 0 Å². The third-order valence-corrected chi connectivity index (χ3v) is 4.63. The number of likely N-dealkylation sites (tertiary alicyclic amines) is 1. The van der Waals surface area contributed by atoms with Gasteiger partial charge in [0.25, 0.3) is 5.91 Å². The normalized spacial score (nSPS) is 18.4. The smallest absolute Gasteiger partial charge is 0.259 e. The first-order valence-electron chi connectivity index (χ1n) is 7.66. The first-order valence-corrected chi connectivity index (χ1v) is 8.04. The molecule has 8 heteroatoms. The lowest BCUT2D eigenvalue weighted by Gasteiger charge is -2.32. The summed E-state index contributed by atoms with van der Waals surface area (Å²) in [6.07, 6.45) is 2.00. The second-order valence-electron chi connectivity index (χ2n) is 5.96. The third kappa shape index (κ3) is 2.98. The highest BCUT2D eigenvalue weighted by molar-refractivity contribution is 6.33. The van der Waals surface area contributed by atoms with E-state index in [1.807, 2.05) is 0 Å². The topological polar surface area (TPSA) is 90.2 Å². The van der Waals surface area contributed by atoms with Crippen LogP contribution in [0.15, 0.2) is 10.6 Å². The fourth-order valence-electron chi connectivity index (χ4n) is 2.95. The van der Waals surface area contributed by atoms with Crippen LogP contribution in [-0.2, 0) is 7.05 Å². The minimum absolute atomic E-state index is 0.128. The first kappa shape index (κ1) is 16.0. The summed E-state index contributed by atoms with van der Waals surface area (Å²) in [7, 11) is 1.70. The van der Waals surface area contributed by atoms with Gasteiger partial charge in [-0.1, -0.05) is 16.8 Å². The molecular weight excluding hydrogens is 318 g/mol. The number of hydrogen-bond acceptors (Lipinski definition) is 5. The lowest BCUT2D eigenvalue weighted by atomic mass is 9.97. The molecular formula is C15H20ClN5O2. The number of carbonyl (C=O) groups is 1. The maximum absolute atomic E-state index is 13.0. The van der Waals surface area contributed by atoms with E-state index < -0.39 is 0 Å². The molecule has 2 N–H and O–H groups in total. The van der Waals surface area contributed by atoms with Crippen LogP contribution in [0.4, 0.5) is 0 Å². The number of nitrogens with zero attached hydrogens (tertiary/aromatic N) is 4. The van der Waals surface area contributed by atoms with Gasteiger partial charge in [0.1, 0.15) is 27.9 Å². The molecule has 1 atom stereocenters. The van der Waals surface area contributed by atoms with Crippen molar-refractivity contribution in [3.8, 4) is 11.4 Å². The molecule has 1 aliphatic rings. The van der Waals surface area contributed by atoms with Crippen LogP contribution in [-0.4, -0.2) is 45.4 Å². The van der Waals surface area contributed by atoms with Gasteiger partial charge in [-0.3, -0.25) is 9.48 Å². The van der Waals surface area contributed by atoms with E-state index in [9.17, 15) is 4.79 Å². The molecule has 7 nitrogen and oxygen atoms in total. The summed E-state index contributed by atoms with van der Waals surface area (Å²) in [4.78, 5) is 14.8. The number of aryl methyl sites for hydroxylation is 2. The molecule has 0 aliphatic carbocycles. The summed E-state index contributed by atoms with van der Waals surface area (Å²) in [5, 5.41) is 8.60. The van der Waals surface area contributed by atoms with Crippen molar-refractivity contribution in [2.24, 2.45) is 18.7 Å². The van der Waals surface area contributed by atoms with E-state index in [0.29, 0.717) is 53.4 Å². The van der Waals surface area contributed by atoms with Crippen molar-refractivity contribution in [3.05, 3.63) is 22.5 Å². The molecule has 1 unspecified atom stereocenters. The molecule has 124 valence electrons. The lowest BCUT2D eigenvalue weighted by Crippen LogP contribution is -2.42. The van der Waals surface area contributed by atoms with Gasteiger partial charge in [0.2, 0.25) is 0 Å². The summed E-state index contributed by atoms with van der Waals surface area (Å²) in [6, 6.07) is 1.74. The monoisotopic (exact) mass is 337 g/mol. The van der Waals surface area contributed by atoms with Crippen molar-refractivity contribution < 1.29 is 9.32 Å². The van der Waals surface area contributed by atoms with Crippen LogP contribution >= 0.6 is 11.6 Å². The Morgan fingerprint density at radius 1 is 1.57 bits per heavy atom. The Bertz CT molecular complexity index is 724. The zero-order valence-electron chi connectivity index (χ0n) is 13.3. The van der Waals surface area contributed by atoms with Crippen LogP contribution < -0.4 is 5.73 Å². The Morgan fingerprint density at radius 3 is 3.00 bits per heavy atom. The molecule has 23 heavy (non-hydrogen) atoms. The van der Waals surface area contributed by atoms with Crippen LogP contribution in [0.25, 0.3) is 11.4 Å². The standard InChI is InChI=1S/C15H20ClN5O2/c1-9-6-11(19-23-9)13-12(14(16)20(2)18-13)15(22)21-5-3-4-10(7-17)8-21/h6,10H,3-5,7-8,17H2,1-2H3. The quantitative estimate of drug-likeness (QED) is 0.923. The maximum atomic E-state index is 13.0. The minimum Gasteiger partial charge on any atom is -0.361 e. The third-order valence-electron chi connectivity index (χ3n) is 4.20. The largest absolute Gasteiger partial charge is 0.361 e. The number of halogens is 1. The van der Waals surface area contributed by atoms with Crippen LogP contribution in [0.2, 0.25) is 5.15 Å². The molecule has 3 heterocycles. The summed E-state index contributed by atoms with van der Waals surface area (Å²) in [5.74, 6) is 0.860. The number of rotatable bonds is 3. The first-order chi connectivity index (χ1) is 11.0. The highest BCUT2D eigenvalue weighted by atomic mass is 35.5. The molecule has 1 amide bonds. The zero-order chi connectivity index (χ0) is 16.6. The minimum atomic E-state index is -0.128. The fourth-order valence-corrected chi connectivity index (χ4v) is 3.16. The zero-order valence-corrected chi connectivity index (χ0v) is 14.0. The van der Waals surface area contributed by atoms with Gasteiger partial charge < -0.3 is 15.2 Å². The molecule has 1 saturated heterocycles. The second kappa shape index (κ2) is 6.33. The number of carbonyl (C=O) groups excluding carboxylic acids is 1. The number of amides is 1. The van der Waals surface area contributed by atoms with Gasteiger partial charge in [0.15, 0.2) is 0 Å². The molecule has 0 spiro atoms. The SMILES string of the molecule is Cc1cc(-c2nn(C)c(Cl)c2C(=O)N2CCCC(CN)C2)no1. The molecule has 2 aromatic heterocycles. The van der Waals surface area contributed by atoms with E-state index in [-0.39, 0.29) is 5.91 Å². The highest BCUT2D eigenvalue weighted by Gasteiger charge is 2.30. The van der Waals surface area contributed by atoms with Crippen LogP contribution in [0.3, 0.4) is 0 Å². The highest BCUT2D eigenvalue weighted by Crippen LogP contribution is 2.30. The van der Waals surface area contributed by atoms with Crippen molar-refractivity contribution in [2.75, 3.05) is 19.6 Å². The average molecular weight is 338 g/mol. The number of nitrogens with two attached hydrogens (primary N) is 1. The number of hydrogen-bond donors (Lipinski definition) is 1. The number of aromatic nitrogens is 3. The van der Waals surface area contributed by atoms with E-state index in [1.54, 1.807) is 24.9 Å². The fraction of sp³-hybridized carbons (Fsp3) is 0.533. The Kier molecular flexibility index (Phi) is 4.41. The van der Waals surface area contributed by atoms with Crippen LogP contribution in [0.5, 0.6) is 0 Å². The van der Waals surface area contributed by atoms with Crippen LogP contribution in [0.1, 0.15) is 29.0 Å². The second-order valence-corrected chi connectivity index (χ2v) is 6.31. The molecule has 1 fully saturated rings. The molecule has 1 aliphatic heterocycles. The Balaban J connectivity index is 1.97. The maximum Gasteiger partial charge on any atom is 0.259 e. The summed E-state index contributed by atoms with van der Waals surface area (Å²) in [5.41, 5.74) is 7.10. The summed E-state index contributed by atoms with van der Waals surface area (Å²) < 4.78 is 6.58. The van der Waals surface area contributed by atoms with Gasteiger partial charge in [0.05, 0.1) is 0 Å². The van der Waals surface area contributed by atoms with Crippen molar-refractivity contribution in [2.45, 2.75) is 19.8 Å². The Hall–Kier alpha value is -1.86. The summed E-state index contributed by atoms with van der Waals surface area (Å²) in [6.45, 7) is 3.73. The van der Waals surface area contributed by atoms with Crippen LogP contribution in [0, 0.1) is 12.8 Å². The van der Waals surface area contributed by atoms with E-state index in [2.05, 4.69) is 10.3 Å². The van der Waals surface area contributed by atoms with E-state index in [4.69, 9.17) is 21.9 Å².